The molecule has 3 rings (SSSR count). The molecule has 0 aromatic heterocycles. The molecule has 118 valence electrons. The Bertz CT molecular complexity index is 569. The molecule has 0 saturated carbocycles. The molecule has 7 nitrogen and oxygen atoms in total. The van der Waals surface area contributed by atoms with Crippen molar-refractivity contribution in [2.24, 2.45) is 0 Å². The summed E-state index contributed by atoms with van der Waals surface area (Å²) in [4.78, 5) is 23.7. The van der Waals surface area contributed by atoms with Crippen LogP contribution >= 0.6 is 0 Å². The maximum absolute atomic E-state index is 12.0. The minimum absolute atomic E-state index is 0.116. The van der Waals surface area contributed by atoms with E-state index in [1.807, 2.05) is 0 Å². The third kappa shape index (κ3) is 3.30. The first kappa shape index (κ1) is 14.6. The van der Waals surface area contributed by atoms with Gasteiger partial charge in [-0.2, -0.15) is 0 Å². The van der Waals surface area contributed by atoms with Crippen LogP contribution in [0.25, 0.3) is 0 Å². The van der Waals surface area contributed by atoms with Crippen molar-refractivity contribution in [1.82, 2.24) is 10.6 Å². The highest BCUT2D eigenvalue weighted by molar-refractivity contribution is 5.95. The predicted molar refractivity (Wildman–Crippen MR) is 76.9 cm³/mol. The average Bonchev–Trinajstić information content (AvgIpc) is 3.20. The zero-order chi connectivity index (χ0) is 15.4. The smallest absolute Gasteiger partial charge is 0.251 e. The van der Waals surface area contributed by atoms with Crippen molar-refractivity contribution in [3.8, 4) is 11.5 Å². The molecule has 0 bridgehead atoms. The normalized spacial score (nSPS) is 19.0. The van der Waals surface area contributed by atoms with Crippen LogP contribution in [0.1, 0.15) is 23.2 Å². The van der Waals surface area contributed by atoms with E-state index in [1.54, 1.807) is 18.2 Å². The number of ether oxygens (including phenoxy) is 3. The van der Waals surface area contributed by atoms with Crippen LogP contribution < -0.4 is 20.1 Å². The molecule has 2 aliphatic rings. The van der Waals surface area contributed by atoms with Crippen molar-refractivity contribution < 1.29 is 23.8 Å². The molecule has 7 heteroatoms. The first-order chi connectivity index (χ1) is 10.7. The fourth-order valence-corrected chi connectivity index (χ4v) is 2.40. The molecule has 1 atom stereocenters. The number of rotatable bonds is 5. The fraction of sp³-hybridized carbons (Fsp3) is 0.467. The number of fused-ring (bicyclic) bond motifs is 1. The SMILES string of the molecule is O=C(NCCNC(=O)C1CCCO1)c1ccc2c(c1)OCO2. The van der Waals surface area contributed by atoms with E-state index in [9.17, 15) is 9.59 Å². The third-order valence-electron chi connectivity index (χ3n) is 3.57. The molecule has 1 aromatic rings. The van der Waals surface area contributed by atoms with E-state index in [1.165, 1.54) is 0 Å². The van der Waals surface area contributed by atoms with Gasteiger partial charge in [0.25, 0.3) is 5.91 Å². The summed E-state index contributed by atoms with van der Waals surface area (Å²) in [5.41, 5.74) is 0.495. The average molecular weight is 306 g/mol. The van der Waals surface area contributed by atoms with Gasteiger partial charge in [-0.25, -0.2) is 0 Å². The van der Waals surface area contributed by atoms with E-state index in [2.05, 4.69) is 10.6 Å². The molecule has 22 heavy (non-hydrogen) atoms. The molecule has 0 aliphatic carbocycles. The van der Waals surface area contributed by atoms with Gasteiger partial charge in [0.05, 0.1) is 0 Å². The molecule has 2 heterocycles. The molecule has 2 aliphatic heterocycles. The number of amides is 2. The number of benzene rings is 1. The maximum atomic E-state index is 12.0. The highest BCUT2D eigenvalue weighted by atomic mass is 16.7. The topological polar surface area (TPSA) is 85.9 Å². The van der Waals surface area contributed by atoms with Crippen LogP contribution in [-0.2, 0) is 9.53 Å². The van der Waals surface area contributed by atoms with Crippen LogP contribution in [0.15, 0.2) is 18.2 Å². The van der Waals surface area contributed by atoms with Crippen LogP contribution in [0.2, 0.25) is 0 Å². The molecular weight excluding hydrogens is 288 g/mol. The van der Waals surface area contributed by atoms with Gasteiger partial charge < -0.3 is 24.8 Å². The van der Waals surface area contributed by atoms with Crippen molar-refractivity contribution in [3.63, 3.8) is 0 Å². The number of hydrogen-bond acceptors (Lipinski definition) is 5. The highest BCUT2D eigenvalue weighted by Crippen LogP contribution is 2.32. The third-order valence-corrected chi connectivity index (χ3v) is 3.57. The summed E-state index contributed by atoms with van der Waals surface area (Å²) < 4.78 is 15.7. The summed E-state index contributed by atoms with van der Waals surface area (Å²) in [6, 6.07) is 5.02. The van der Waals surface area contributed by atoms with Gasteiger partial charge in [0.1, 0.15) is 6.10 Å². The minimum atomic E-state index is -0.343. The van der Waals surface area contributed by atoms with Gasteiger partial charge in [0.15, 0.2) is 11.5 Å². The lowest BCUT2D eigenvalue weighted by Gasteiger charge is -2.11. The molecule has 1 unspecified atom stereocenters. The van der Waals surface area contributed by atoms with Crippen molar-refractivity contribution >= 4 is 11.8 Å². The summed E-state index contributed by atoms with van der Waals surface area (Å²) in [7, 11) is 0. The maximum Gasteiger partial charge on any atom is 0.251 e. The van der Waals surface area contributed by atoms with E-state index >= 15 is 0 Å². The zero-order valence-corrected chi connectivity index (χ0v) is 12.1. The fourth-order valence-electron chi connectivity index (χ4n) is 2.40. The summed E-state index contributed by atoms with van der Waals surface area (Å²) in [6.07, 6.45) is 1.33. The number of carbonyl (C=O) groups excluding carboxylic acids is 2. The molecule has 2 N–H and O–H groups in total. The summed E-state index contributed by atoms with van der Waals surface area (Å²) in [5, 5.41) is 5.49. The van der Waals surface area contributed by atoms with Gasteiger partial charge in [0, 0.05) is 25.3 Å². The van der Waals surface area contributed by atoms with E-state index in [4.69, 9.17) is 14.2 Å². The van der Waals surface area contributed by atoms with Crippen molar-refractivity contribution in [3.05, 3.63) is 23.8 Å². The van der Waals surface area contributed by atoms with E-state index < -0.39 is 0 Å². The molecule has 0 radical (unpaired) electrons. The van der Waals surface area contributed by atoms with Gasteiger partial charge in [0.2, 0.25) is 12.7 Å². The van der Waals surface area contributed by atoms with E-state index in [0.717, 1.165) is 12.8 Å². The molecule has 0 spiro atoms. The van der Waals surface area contributed by atoms with Crippen LogP contribution in [-0.4, -0.2) is 44.4 Å². The number of hydrogen-bond donors (Lipinski definition) is 2. The van der Waals surface area contributed by atoms with Crippen molar-refractivity contribution in [1.29, 1.82) is 0 Å². The molecule has 1 fully saturated rings. The Morgan fingerprint density at radius 2 is 1.95 bits per heavy atom. The monoisotopic (exact) mass is 306 g/mol. The van der Waals surface area contributed by atoms with Gasteiger partial charge >= 0.3 is 0 Å². The second-order valence-electron chi connectivity index (χ2n) is 5.12. The van der Waals surface area contributed by atoms with Crippen molar-refractivity contribution in [2.45, 2.75) is 18.9 Å². The Kier molecular flexibility index (Phi) is 4.43. The standard InChI is InChI=1S/C15H18N2O5/c18-14(10-3-4-11-13(8-10)22-9-21-11)16-5-6-17-15(19)12-2-1-7-20-12/h3-4,8,12H,1-2,5-7,9H2,(H,16,18)(H,17,19). The first-order valence-corrected chi connectivity index (χ1v) is 7.31. The van der Waals surface area contributed by atoms with E-state index in [-0.39, 0.29) is 24.7 Å². The molecule has 1 saturated heterocycles. The Hall–Kier alpha value is -2.28. The van der Waals surface area contributed by atoms with E-state index in [0.29, 0.717) is 36.8 Å². The second kappa shape index (κ2) is 6.65. The molecular formula is C15H18N2O5. The minimum Gasteiger partial charge on any atom is -0.454 e. The van der Waals surface area contributed by atoms with Crippen molar-refractivity contribution in [2.75, 3.05) is 26.5 Å². The van der Waals surface area contributed by atoms with Crippen LogP contribution in [0.5, 0.6) is 11.5 Å². The van der Waals surface area contributed by atoms with Gasteiger partial charge in [-0.05, 0) is 31.0 Å². The number of carbonyl (C=O) groups is 2. The van der Waals surface area contributed by atoms with Gasteiger partial charge in [-0.1, -0.05) is 0 Å². The largest absolute Gasteiger partial charge is 0.454 e. The first-order valence-electron chi connectivity index (χ1n) is 7.31. The lowest BCUT2D eigenvalue weighted by Crippen LogP contribution is -2.39. The quantitative estimate of drug-likeness (QED) is 0.771. The lowest BCUT2D eigenvalue weighted by molar-refractivity contribution is -0.129. The van der Waals surface area contributed by atoms with Gasteiger partial charge in [-0.3, -0.25) is 9.59 Å². The van der Waals surface area contributed by atoms with Crippen LogP contribution in [0.4, 0.5) is 0 Å². The number of nitrogens with one attached hydrogen (secondary N) is 2. The molecule has 2 amide bonds. The van der Waals surface area contributed by atoms with Crippen LogP contribution in [0, 0.1) is 0 Å². The Morgan fingerprint density at radius 1 is 1.14 bits per heavy atom. The molecule has 1 aromatic carbocycles. The zero-order valence-electron chi connectivity index (χ0n) is 12.1. The summed E-state index contributed by atoms with van der Waals surface area (Å²) in [5.74, 6) is 0.874. The summed E-state index contributed by atoms with van der Waals surface area (Å²) in [6.45, 7) is 1.54. The Labute approximate surface area is 127 Å². The lowest BCUT2D eigenvalue weighted by atomic mass is 10.2. The Balaban J connectivity index is 1.41. The van der Waals surface area contributed by atoms with Crippen LogP contribution in [0.3, 0.4) is 0 Å². The predicted octanol–water partition coefficient (Wildman–Crippen LogP) is 0.440. The Morgan fingerprint density at radius 3 is 2.77 bits per heavy atom. The second-order valence-corrected chi connectivity index (χ2v) is 5.12. The summed E-state index contributed by atoms with van der Waals surface area (Å²) >= 11 is 0. The van der Waals surface area contributed by atoms with Gasteiger partial charge in [-0.15, -0.1) is 0 Å². The highest BCUT2D eigenvalue weighted by Gasteiger charge is 2.23.